The molecule has 20 heavy (non-hydrogen) atoms. The minimum atomic E-state index is -0.278. The molecule has 0 aliphatic carbocycles. The standard InChI is InChI=1S/C13H18N4O3/c18-11-8-20-13(9-15-11)1-4-17(5-2-13)12(19)7-16-6-3-14-10-16/h3,6,10H,1-2,4-5,7-9H2,(H,15,18). The minimum absolute atomic E-state index is 0.0609. The topological polar surface area (TPSA) is 76.5 Å². The Hall–Kier alpha value is -1.89. The fraction of sp³-hybridized carbons (Fsp3) is 0.615. The van der Waals surface area contributed by atoms with E-state index in [0.29, 0.717) is 26.2 Å². The maximum absolute atomic E-state index is 12.2. The van der Waals surface area contributed by atoms with Crippen LogP contribution in [-0.2, 0) is 20.9 Å². The molecule has 7 heteroatoms. The largest absolute Gasteiger partial charge is 0.363 e. The number of nitrogens with one attached hydrogen (secondary N) is 1. The van der Waals surface area contributed by atoms with E-state index >= 15 is 0 Å². The summed E-state index contributed by atoms with van der Waals surface area (Å²) < 4.78 is 7.46. The van der Waals surface area contributed by atoms with Gasteiger partial charge in [-0.3, -0.25) is 9.59 Å². The third kappa shape index (κ3) is 2.67. The number of hydrogen-bond donors (Lipinski definition) is 1. The zero-order valence-corrected chi connectivity index (χ0v) is 11.2. The molecular formula is C13H18N4O3. The lowest BCUT2D eigenvalue weighted by Gasteiger charge is -2.43. The molecule has 2 fully saturated rings. The van der Waals surface area contributed by atoms with Crippen LogP contribution in [0.15, 0.2) is 18.7 Å². The van der Waals surface area contributed by atoms with Crippen LogP contribution in [0.25, 0.3) is 0 Å². The van der Waals surface area contributed by atoms with Crippen molar-refractivity contribution in [3.63, 3.8) is 0 Å². The third-order valence-corrected chi connectivity index (χ3v) is 4.02. The lowest BCUT2D eigenvalue weighted by atomic mass is 9.90. The SMILES string of the molecule is O=C1COC2(CCN(C(=O)Cn3ccnc3)CC2)CN1. The molecule has 2 saturated heterocycles. The summed E-state index contributed by atoms with van der Waals surface area (Å²) in [7, 11) is 0. The van der Waals surface area contributed by atoms with Crippen LogP contribution >= 0.6 is 0 Å². The fourth-order valence-electron chi connectivity index (χ4n) is 2.70. The maximum atomic E-state index is 12.2. The van der Waals surface area contributed by atoms with E-state index < -0.39 is 0 Å². The van der Waals surface area contributed by atoms with E-state index in [1.807, 2.05) is 4.90 Å². The molecule has 1 spiro atoms. The van der Waals surface area contributed by atoms with Gasteiger partial charge in [0.15, 0.2) is 0 Å². The van der Waals surface area contributed by atoms with E-state index in [-0.39, 0.29) is 24.0 Å². The fourth-order valence-corrected chi connectivity index (χ4v) is 2.70. The molecule has 0 saturated carbocycles. The molecule has 0 unspecified atom stereocenters. The number of hydrogen-bond acceptors (Lipinski definition) is 4. The van der Waals surface area contributed by atoms with E-state index in [1.165, 1.54) is 0 Å². The first-order chi connectivity index (χ1) is 9.67. The molecule has 2 aliphatic heterocycles. The van der Waals surface area contributed by atoms with Crippen LogP contribution in [0, 0.1) is 0 Å². The van der Waals surface area contributed by atoms with Crippen LogP contribution in [-0.4, -0.2) is 58.1 Å². The number of rotatable bonds is 2. The number of carbonyl (C=O) groups is 2. The van der Waals surface area contributed by atoms with E-state index in [9.17, 15) is 9.59 Å². The predicted octanol–water partition coefficient (Wildman–Crippen LogP) is -0.609. The molecule has 1 aromatic heterocycles. The van der Waals surface area contributed by atoms with Gasteiger partial charge in [0.05, 0.1) is 11.9 Å². The summed E-state index contributed by atoms with van der Waals surface area (Å²) in [5, 5.41) is 2.84. The van der Waals surface area contributed by atoms with Crippen LogP contribution in [0.2, 0.25) is 0 Å². The first kappa shape index (κ1) is 13.1. The van der Waals surface area contributed by atoms with E-state index in [4.69, 9.17) is 4.74 Å². The summed E-state index contributed by atoms with van der Waals surface area (Å²) in [6.45, 7) is 2.34. The second-order valence-corrected chi connectivity index (χ2v) is 5.36. The van der Waals surface area contributed by atoms with Crippen molar-refractivity contribution in [3.05, 3.63) is 18.7 Å². The van der Waals surface area contributed by atoms with Gasteiger partial charge in [-0.2, -0.15) is 0 Å². The Kier molecular flexibility index (Phi) is 3.43. The smallest absolute Gasteiger partial charge is 0.246 e. The predicted molar refractivity (Wildman–Crippen MR) is 69.7 cm³/mol. The van der Waals surface area contributed by atoms with Crippen molar-refractivity contribution in [2.75, 3.05) is 26.2 Å². The van der Waals surface area contributed by atoms with Gasteiger partial charge >= 0.3 is 0 Å². The number of likely N-dealkylation sites (tertiary alicyclic amines) is 1. The summed E-state index contributed by atoms with van der Waals surface area (Å²) in [5.74, 6) is 0.0342. The van der Waals surface area contributed by atoms with Crippen LogP contribution in [0.1, 0.15) is 12.8 Å². The highest BCUT2D eigenvalue weighted by Crippen LogP contribution is 2.27. The molecule has 2 amide bonds. The number of amides is 2. The molecule has 0 atom stereocenters. The Bertz CT molecular complexity index is 480. The monoisotopic (exact) mass is 278 g/mol. The average molecular weight is 278 g/mol. The Morgan fingerprint density at radius 2 is 2.25 bits per heavy atom. The molecule has 0 radical (unpaired) electrons. The number of nitrogens with zero attached hydrogens (tertiary/aromatic N) is 3. The van der Waals surface area contributed by atoms with Gasteiger partial charge in [0.2, 0.25) is 11.8 Å². The van der Waals surface area contributed by atoms with E-state index in [2.05, 4.69) is 10.3 Å². The highest BCUT2D eigenvalue weighted by molar-refractivity contribution is 5.78. The molecule has 7 nitrogen and oxygen atoms in total. The number of piperidine rings is 1. The molecule has 1 aromatic rings. The van der Waals surface area contributed by atoms with Crippen molar-refractivity contribution < 1.29 is 14.3 Å². The van der Waals surface area contributed by atoms with Gasteiger partial charge in [0.1, 0.15) is 13.2 Å². The van der Waals surface area contributed by atoms with Gasteiger partial charge in [0.25, 0.3) is 0 Å². The molecule has 3 heterocycles. The molecule has 108 valence electrons. The van der Waals surface area contributed by atoms with Crippen molar-refractivity contribution in [2.45, 2.75) is 25.0 Å². The quantitative estimate of drug-likeness (QED) is 0.783. The lowest BCUT2D eigenvalue weighted by molar-refractivity contribution is -0.154. The van der Waals surface area contributed by atoms with Crippen molar-refractivity contribution >= 4 is 11.8 Å². The Balaban J connectivity index is 1.53. The van der Waals surface area contributed by atoms with Gasteiger partial charge in [-0.05, 0) is 12.8 Å². The molecule has 1 N–H and O–H groups in total. The normalized spacial score (nSPS) is 21.8. The van der Waals surface area contributed by atoms with Crippen LogP contribution in [0.4, 0.5) is 0 Å². The van der Waals surface area contributed by atoms with E-state index in [0.717, 1.165) is 12.8 Å². The summed E-state index contributed by atoms with van der Waals surface area (Å²) >= 11 is 0. The van der Waals surface area contributed by atoms with Crippen molar-refractivity contribution in [1.29, 1.82) is 0 Å². The number of ether oxygens (including phenoxy) is 1. The Morgan fingerprint density at radius 1 is 1.45 bits per heavy atom. The van der Waals surface area contributed by atoms with Crippen LogP contribution in [0.5, 0.6) is 0 Å². The number of morpholine rings is 1. The summed E-state index contributed by atoms with van der Waals surface area (Å²) in [6.07, 6.45) is 6.62. The Labute approximate surface area is 116 Å². The van der Waals surface area contributed by atoms with Gasteiger partial charge < -0.3 is 19.5 Å². The van der Waals surface area contributed by atoms with Crippen molar-refractivity contribution in [3.8, 4) is 0 Å². The van der Waals surface area contributed by atoms with Crippen LogP contribution < -0.4 is 5.32 Å². The van der Waals surface area contributed by atoms with Gasteiger partial charge in [-0.25, -0.2) is 4.98 Å². The van der Waals surface area contributed by atoms with Crippen molar-refractivity contribution in [1.82, 2.24) is 19.8 Å². The zero-order valence-electron chi connectivity index (χ0n) is 11.2. The van der Waals surface area contributed by atoms with Gasteiger partial charge in [-0.15, -0.1) is 0 Å². The third-order valence-electron chi connectivity index (χ3n) is 4.02. The van der Waals surface area contributed by atoms with Crippen molar-refractivity contribution in [2.24, 2.45) is 0 Å². The summed E-state index contributed by atoms with van der Waals surface area (Å²) in [4.78, 5) is 29.1. The zero-order chi connectivity index (χ0) is 14.0. The van der Waals surface area contributed by atoms with Crippen LogP contribution in [0.3, 0.4) is 0 Å². The van der Waals surface area contributed by atoms with Gasteiger partial charge in [-0.1, -0.05) is 0 Å². The highest BCUT2D eigenvalue weighted by Gasteiger charge is 2.39. The molecule has 2 aliphatic rings. The number of imidazole rings is 1. The number of aromatic nitrogens is 2. The summed E-state index contributed by atoms with van der Waals surface area (Å²) in [6, 6.07) is 0. The minimum Gasteiger partial charge on any atom is -0.363 e. The second-order valence-electron chi connectivity index (χ2n) is 5.36. The van der Waals surface area contributed by atoms with Gasteiger partial charge in [0, 0.05) is 32.0 Å². The first-order valence-corrected chi connectivity index (χ1v) is 6.81. The lowest BCUT2D eigenvalue weighted by Crippen LogP contribution is -2.58. The molecule has 0 aromatic carbocycles. The molecule has 3 rings (SSSR count). The highest BCUT2D eigenvalue weighted by atomic mass is 16.5. The molecular weight excluding hydrogens is 260 g/mol. The van der Waals surface area contributed by atoms with E-state index in [1.54, 1.807) is 23.3 Å². The average Bonchev–Trinajstić information content (AvgIpc) is 2.96. The summed E-state index contributed by atoms with van der Waals surface area (Å²) in [5.41, 5.74) is -0.278. The first-order valence-electron chi connectivity index (χ1n) is 6.81. The Morgan fingerprint density at radius 3 is 2.85 bits per heavy atom. The maximum Gasteiger partial charge on any atom is 0.246 e. The molecule has 0 bridgehead atoms. The second kappa shape index (κ2) is 5.24. The number of carbonyl (C=O) groups excluding carboxylic acids is 2.